The molecular weight excluding hydrogens is 1150 g/mol. The minimum atomic E-state index is 0.348. The molecule has 80 heavy (non-hydrogen) atoms. The zero-order valence-corrected chi connectivity index (χ0v) is 53.6. The second kappa shape index (κ2) is 27.6. The second-order valence-electron chi connectivity index (χ2n) is 20.0. The molecule has 0 amide bonds. The van der Waals surface area contributed by atoms with Crippen LogP contribution in [0.15, 0.2) is 164 Å². The minimum Gasteiger partial charge on any atom is -0.269 e. The molecule has 12 rings (SSSR count). The SMILES string of the molecule is Cc1cnn([C@@H](C)[C@H](C)Sc2nc3ccccc3s2)c1.Cc1cnn([C@H](C)[C@@H](C)Sc2nc3ccccc3s2)c1.Cc1cnn([C@H](C)[C@H](C)Sc2nc3ccccc3s2)c1.Cc1cnn([C@H](C)[C@H](C)Sc2nc3ccccc3s2)c1. The smallest absolute Gasteiger partial charge is 0.151 e. The van der Waals surface area contributed by atoms with Gasteiger partial charge in [-0.15, -0.1) is 45.3 Å². The maximum Gasteiger partial charge on any atom is 0.151 e. The van der Waals surface area contributed by atoms with Crippen molar-refractivity contribution >= 4 is 133 Å². The van der Waals surface area contributed by atoms with Crippen LogP contribution < -0.4 is 0 Å². The summed E-state index contributed by atoms with van der Waals surface area (Å²) in [5.41, 5.74) is 9.18. The number of aromatic nitrogens is 12. The first-order valence-electron chi connectivity index (χ1n) is 26.7. The fraction of sp³-hybridized carbons (Fsp3) is 0.333. The molecule has 0 aliphatic carbocycles. The van der Waals surface area contributed by atoms with E-state index in [1.165, 1.54) is 41.1 Å². The van der Waals surface area contributed by atoms with E-state index in [0.717, 1.165) is 39.4 Å². The monoisotopic (exact) mass is 1210 g/mol. The van der Waals surface area contributed by atoms with Gasteiger partial charge in [0.15, 0.2) is 17.4 Å². The lowest BCUT2D eigenvalue weighted by Crippen LogP contribution is -2.16. The van der Waals surface area contributed by atoms with Gasteiger partial charge in [-0.2, -0.15) is 20.4 Å². The average molecular weight is 1210 g/mol. The lowest BCUT2D eigenvalue weighted by molar-refractivity contribution is 0.487. The molecule has 0 bridgehead atoms. The number of para-hydroxylation sites is 4. The quantitative estimate of drug-likeness (QED) is 0.0856. The molecule has 20 heteroatoms. The first-order chi connectivity index (χ1) is 38.5. The Morgan fingerprint density at radius 3 is 0.688 bits per heavy atom. The fourth-order valence-corrected chi connectivity index (χ4v) is 17.7. The minimum absolute atomic E-state index is 0.348. The summed E-state index contributed by atoms with van der Waals surface area (Å²) in [5, 5.41) is 19.3. The first-order valence-corrected chi connectivity index (χ1v) is 33.4. The van der Waals surface area contributed by atoms with Crippen molar-refractivity contribution in [2.45, 2.75) is 146 Å². The van der Waals surface area contributed by atoms with Crippen LogP contribution in [-0.2, 0) is 0 Å². The Labute approximate surface area is 502 Å². The molecule has 4 aromatic carbocycles. The average Bonchev–Trinajstić information content (AvgIpc) is 4.32. The molecular formula is C60H68N12S8. The van der Waals surface area contributed by atoms with Crippen LogP contribution in [-0.4, -0.2) is 80.1 Å². The van der Waals surface area contributed by atoms with Crippen LogP contribution in [0.25, 0.3) is 40.9 Å². The summed E-state index contributed by atoms with van der Waals surface area (Å²) in [7, 11) is 0. The summed E-state index contributed by atoms with van der Waals surface area (Å²) in [4.78, 5) is 18.7. The number of hydrogen-bond acceptors (Lipinski definition) is 16. The number of thioether (sulfide) groups is 4. The number of aryl methyl sites for hydroxylation is 4. The van der Waals surface area contributed by atoms with Crippen LogP contribution in [0, 0.1) is 27.7 Å². The molecule has 8 aromatic heterocycles. The summed E-state index contributed by atoms with van der Waals surface area (Å²) < 4.78 is 17.7. The van der Waals surface area contributed by atoms with Gasteiger partial charge in [0.1, 0.15) is 0 Å². The molecule has 0 aliphatic rings. The summed E-state index contributed by atoms with van der Waals surface area (Å²) in [5.74, 6) is 0. The third kappa shape index (κ3) is 15.6. The normalized spacial score (nSPS) is 14.6. The predicted molar refractivity (Wildman–Crippen MR) is 346 cm³/mol. The maximum atomic E-state index is 4.69. The Morgan fingerprint density at radius 1 is 0.312 bits per heavy atom. The molecule has 0 fully saturated rings. The molecule has 8 heterocycles. The molecule has 12 nitrogen and oxygen atoms in total. The Bertz CT molecular complexity index is 3230. The van der Waals surface area contributed by atoms with E-state index >= 15 is 0 Å². The number of thiazole rings is 4. The van der Waals surface area contributed by atoms with Crippen LogP contribution >= 0.6 is 92.4 Å². The molecule has 0 N–H and O–H groups in total. The second-order valence-corrected chi connectivity index (χ2v) is 30.7. The molecule has 12 aromatic rings. The summed E-state index contributed by atoms with van der Waals surface area (Å²) >= 11 is 14.4. The van der Waals surface area contributed by atoms with Crippen molar-refractivity contribution in [1.29, 1.82) is 0 Å². The predicted octanol–water partition coefficient (Wildman–Crippen LogP) is 18.2. The highest BCUT2D eigenvalue weighted by atomic mass is 32.2. The number of benzene rings is 4. The standard InChI is InChI=1S/4C15H17N3S2/c4*1-10-8-16-18(9-10)11(2)12(3)19-15-17-13-6-4-5-7-14(13)20-15/h4*4-9,11-12H,1-3H3/t2*11-,12+;2*11-,12-/m1110/s1. The van der Waals surface area contributed by atoms with Gasteiger partial charge >= 0.3 is 0 Å². The fourth-order valence-electron chi connectivity index (χ4n) is 8.12. The molecule has 0 spiro atoms. The van der Waals surface area contributed by atoms with E-state index in [2.05, 4.69) is 221 Å². The van der Waals surface area contributed by atoms with E-state index in [0.29, 0.717) is 45.2 Å². The highest BCUT2D eigenvalue weighted by Crippen LogP contribution is 2.39. The van der Waals surface area contributed by atoms with E-state index in [1.807, 2.05) is 115 Å². The van der Waals surface area contributed by atoms with E-state index in [9.17, 15) is 0 Å². The topological polar surface area (TPSA) is 123 Å². The van der Waals surface area contributed by atoms with Crippen molar-refractivity contribution in [3.05, 3.63) is 169 Å². The summed E-state index contributed by atoms with van der Waals surface area (Å²) in [6, 6.07) is 34.6. The van der Waals surface area contributed by atoms with Gasteiger partial charge in [-0.05, 0) is 126 Å². The van der Waals surface area contributed by atoms with E-state index in [-0.39, 0.29) is 0 Å². The van der Waals surface area contributed by atoms with Crippen molar-refractivity contribution in [2.75, 3.05) is 0 Å². The van der Waals surface area contributed by atoms with Crippen LogP contribution in [0.5, 0.6) is 0 Å². The number of rotatable bonds is 16. The molecule has 8 atom stereocenters. The van der Waals surface area contributed by atoms with E-state index in [1.54, 1.807) is 45.3 Å². The lowest BCUT2D eigenvalue weighted by Gasteiger charge is -2.18. The van der Waals surface area contributed by atoms with Crippen molar-refractivity contribution in [2.24, 2.45) is 0 Å². The Hall–Kier alpha value is -5.32. The van der Waals surface area contributed by atoms with Gasteiger partial charge in [0.05, 0.1) is 89.8 Å². The van der Waals surface area contributed by atoms with E-state index < -0.39 is 0 Å². The summed E-state index contributed by atoms with van der Waals surface area (Å²) in [6.45, 7) is 26.0. The Kier molecular flexibility index (Phi) is 20.5. The molecule has 0 unspecified atom stereocenters. The van der Waals surface area contributed by atoms with Gasteiger partial charge in [0.25, 0.3) is 0 Å². The number of fused-ring (bicyclic) bond motifs is 4. The van der Waals surface area contributed by atoms with Crippen molar-refractivity contribution < 1.29 is 0 Å². The molecule has 0 saturated carbocycles. The van der Waals surface area contributed by atoms with E-state index in [4.69, 9.17) is 0 Å². The number of nitrogens with zero attached hydrogens (tertiary/aromatic N) is 12. The van der Waals surface area contributed by atoms with Crippen LogP contribution in [0.1, 0.15) is 102 Å². The molecule has 0 saturated heterocycles. The van der Waals surface area contributed by atoms with Gasteiger partial charge in [-0.1, -0.05) is 123 Å². The van der Waals surface area contributed by atoms with Gasteiger partial charge in [0.2, 0.25) is 0 Å². The maximum absolute atomic E-state index is 4.69. The highest BCUT2D eigenvalue weighted by Gasteiger charge is 2.22. The summed E-state index contributed by atoms with van der Waals surface area (Å²) in [6.07, 6.45) is 16.0. The van der Waals surface area contributed by atoms with Gasteiger partial charge in [-0.3, -0.25) is 18.7 Å². The Morgan fingerprint density at radius 2 is 0.512 bits per heavy atom. The van der Waals surface area contributed by atoms with Crippen molar-refractivity contribution in [3.8, 4) is 0 Å². The van der Waals surface area contributed by atoms with Gasteiger partial charge < -0.3 is 0 Å². The largest absolute Gasteiger partial charge is 0.269 e. The number of hydrogen-bond donors (Lipinski definition) is 0. The van der Waals surface area contributed by atoms with Crippen LogP contribution in [0.4, 0.5) is 0 Å². The van der Waals surface area contributed by atoms with Crippen LogP contribution in [0.3, 0.4) is 0 Å². The zero-order valence-electron chi connectivity index (χ0n) is 47.1. The van der Waals surface area contributed by atoms with Gasteiger partial charge in [0, 0.05) is 45.8 Å². The van der Waals surface area contributed by atoms with Gasteiger partial charge in [-0.25, -0.2) is 19.9 Å². The lowest BCUT2D eigenvalue weighted by atomic mass is 10.2. The van der Waals surface area contributed by atoms with Crippen LogP contribution in [0.2, 0.25) is 0 Å². The van der Waals surface area contributed by atoms with Crippen molar-refractivity contribution in [3.63, 3.8) is 0 Å². The molecule has 0 radical (unpaired) electrons. The first kappa shape index (κ1) is 59.3. The third-order valence-corrected chi connectivity index (χ3v) is 23.3. The molecule has 0 aliphatic heterocycles. The molecule has 416 valence electrons. The Balaban J connectivity index is 0.000000129. The zero-order chi connectivity index (χ0) is 56.5. The highest BCUT2D eigenvalue weighted by molar-refractivity contribution is 8.02. The third-order valence-electron chi connectivity index (χ3n) is 13.6. The van der Waals surface area contributed by atoms with Crippen molar-refractivity contribution in [1.82, 2.24) is 59.1 Å².